The van der Waals surface area contributed by atoms with Crippen molar-refractivity contribution in [1.29, 1.82) is 0 Å². The lowest BCUT2D eigenvalue weighted by Crippen LogP contribution is -2.54. The van der Waals surface area contributed by atoms with Crippen LogP contribution in [0.2, 0.25) is 10.0 Å². The molecule has 2 aromatic rings. The number of anilines is 3. The summed E-state index contributed by atoms with van der Waals surface area (Å²) < 4.78 is 0. The van der Waals surface area contributed by atoms with Crippen molar-refractivity contribution in [1.82, 2.24) is 15.0 Å². The van der Waals surface area contributed by atoms with Crippen LogP contribution in [-0.2, 0) is 6.42 Å². The average Bonchev–Trinajstić information content (AvgIpc) is 2.74. The van der Waals surface area contributed by atoms with Crippen LogP contribution in [0.15, 0.2) is 18.2 Å². The Morgan fingerprint density at radius 3 is 1.82 bits per heavy atom. The van der Waals surface area contributed by atoms with Crippen molar-refractivity contribution in [3.63, 3.8) is 0 Å². The molecule has 4 atom stereocenters. The van der Waals surface area contributed by atoms with E-state index in [1.807, 2.05) is 21.9 Å². The molecule has 2 aliphatic heterocycles. The molecule has 0 unspecified atom stereocenters. The Hall–Kier alpha value is -1.95. The van der Waals surface area contributed by atoms with Crippen LogP contribution in [0.1, 0.15) is 18.4 Å². The van der Waals surface area contributed by atoms with E-state index in [-0.39, 0.29) is 24.2 Å². The van der Waals surface area contributed by atoms with Crippen molar-refractivity contribution in [3.05, 3.63) is 33.8 Å². The number of nitrogens with zero attached hydrogens (tertiary/aromatic N) is 5. The minimum absolute atomic E-state index is 0.0331. The van der Waals surface area contributed by atoms with E-state index in [2.05, 4.69) is 15.3 Å². The van der Waals surface area contributed by atoms with Crippen molar-refractivity contribution in [2.45, 2.75) is 43.4 Å². The molecule has 0 saturated carbocycles. The number of nitrogens with one attached hydrogen (secondary N) is 1. The van der Waals surface area contributed by atoms with E-state index < -0.39 is 0 Å². The van der Waals surface area contributed by atoms with Crippen molar-refractivity contribution in [2.75, 3.05) is 47.8 Å². The number of halogens is 2. The predicted molar refractivity (Wildman–Crippen MR) is 134 cm³/mol. The largest absolute Gasteiger partial charge is 0.354 e. The van der Waals surface area contributed by atoms with E-state index in [4.69, 9.17) is 51.1 Å². The summed E-state index contributed by atoms with van der Waals surface area (Å²) >= 11 is 12.3. The third kappa shape index (κ3) is 6.34. The first kappa shape index (κ1) is 24.2. The first-order chi connectivity index (χ1) is 15.8. The second-order valence-electron chi connectivity index (χ2n) is 8.99. The maximum absolute atomic E-state index is 6.31. The van der Waals surface area contributed by atoms with E-state index in [0.717, 1.165) is 18.4 Å². The van der Waals surface area contributed by atoms with Gasteiger partial charge in [-0.2, -0.15) is 15.0 Å². The van der Waals surface area contributed by atoms with Crippen LogP contribution < -0.4 is 38.1 Å². The first-order valence-electron chi connectivity index (χ1n) is 11.2. The lowest BCUT2D eigenvalue weighted by molar-refractivity contribution is 0.441. The lowest BCUT2D eigenvalue weighted by atomic mass is 10.0. The summed E-state index contributed by atoms with van der Waals surface area (Å²) in [5, 5.41) is 4.55. The third-order valence-corrected chi connectivity index (χ3v) is 6.49. The van der Waals surface area contributed by atoms with Gasteiger partial charge >= 0.3 is 0 Å². The Kier molecular flexibility index (Phi) is 7.72. The molecule has 3 heterocycles. The quantitative estimate of drug-likeness (QED) is 0.383. The molecule has 10 nitrogen and oxygen atoms in total. The lowest BCUT2D eigenvalue weighted by Gasteiger charge is -2.37. The van der Waals surface area contributed by atoms with Crippen LogP contribution in [0, 0.1) is 0 Å². The van der Waals surface area contributed by atoms with Crippen molar-refractivity contribution < 1.29 is 0 Å². The molecule has 1 aromatic heterocycles. The van der Waals surface area contributed by atoms with Gasteiger partial charge in [0.1, 0.15) is 0 Å². The molecule has 33 heavy (non-hydrogen) atoms. The zero-order valence-corrected chi connectivity index (χ0v) is 20.0. The van der Waals surface area contributed by atoms with Crippen LogP contribution in [-0.4, -0.2) is 71.8 Å². The number of rotatable bonds is 6. The van der Waals surface area contributed by atoms with Gasteiger partial charge in [-0.25, -0.2) is 0 Å². The minimum Gasteiger partial charge on any atom is -0.354 e. The molecule has 180 valence electrons. The van der Waals surface area contributed by atoms with Gasteiger partial charge in [-0.1, -0.05) is 29.3 Å². The molecule has 0 amide bonds. The smallest absolute Gasteiger partial charge is 0.232 e. The molecule has 4 rings (SSSR count). The van der Waals surface area contributed by atoms with Gasteiger partial charge in [0.25, 0.3) is 0 Å². The Morgan fingerprint density at radius 2 is 1.33 bits per heavy atom. The van der Waals surface area contributed by atoms with Crippen LogP contribution in [0.5, 0.6) is 0 Å². The summed E-state index contributed by atoms with van der Waals surface area (Å²) in [6, 6.07) is 5.35. The highest BCUT2D eigenvalue weighted by Gasteiger charge is 2.28. The molecule has 1 aromatic carbocycles. The van der Waals surface area contributed by atoms with Crippen LogP contribution in [0.4, 0.5) is 17.8 Å². The second kappa shape index (κ2) is 10.5. The Balaban J connectivity index is 1.55. The topological polar surface area (TPSA) is 161 Å². The molecule has 0 spiro atoms. The van der Waals surface area contributed by atoms with E-state index in [1.54, 1.807) is 6.07 Å². The monoisotopic (exact) mass is 494 g/mol. The van der Waals surface area contributed by atoms with Crippen molar-refractivity contribution in [2.24, 2.45) is 22.9 Å². The highest BCUT2D eigenvalue weighted by Crippen LogP contribution is 2.23. The standard InChI is InChI=1S/C21H32Cl2N10/c22-13-2-1-12(18(23)5-13)3-4-28-19-29-20(32-8-14(24)6-15(25)9-32)31-21(30-19)33-10-16(26)7-17(27)11-33/h1-2,5,14-17H,3-4,6-11,24-27H2,(H,28,29,30,31)/t14-,15+,16-,17+. The highest BCUT2D eigenvalue weighted by atomic mass is 35.5. The average molecular weight is 495 g/mol. The van der Waals surface area contributed by atoms with Gasteiger partial charge in [0, 0.05) is 66.9 Å². The number of piperidine rings is 2. The fourth-order valence-electron chi connectivity index (χ4n) is 4.43. The minimum atomic E-state index is -0.0331. The third-order valence-electron chi connectivity index (χ3n) is 5.90. The van der Waals surface area contributed by atoms with Crippen LogP contribution in [0.25, 0.3) is 0 Å². The van der Waals surface area contributed by atoms with Gasteiger partial charge < -0.3 is 38.1 Å². The van der Waals surface area contributed by atoms with Gasteiger partial charge in [-0.05, 0) is 37.0 Å². The summed E-state index contributed by atoms with van der Waals surface area (Å²) in [5.74, 6) is 1.57. The van der Waals surface area contributed by atoms with Crippen molar-refractivity contribution >= 4 is 41.0 Å². The molecule has 12 heteroatoms. The molecule has 2 saturated heterocycles. The molecule has 9 N–H and O–H groups in total. The Labute approximate surface area is 204 Å². The molecule has 2 aliphatic rings. The summed E-state index contributed by atoms with van der Waals surface area (Å²) in [7, 11) is 0. The number of benzene rings is 1. The predicted octanol–water partition coefficient (Wildman–Crippen LogP) is 0.562. The number of nitrogens with two attached hydrogens (primary N) is 4. The number of aromatic nitrogens is 3. The Bertz CT molecular complexity index is 896. The Morgan fingerprint density at radius 1 is 0.818 bits per heavy atom. The van der Waals surface area contributed by atoms with E-state index in [1.165, 1.54) is 0 Å². The van der Waals surface area contributed by atoms with Crippen molar-refractivity contribution in [3.8, 4) is 0 Å². The van der Waals surface area contributed by atoms with Crippen LogP contribution in [0.3, 0.4) is 0 Å². The number of hydrogen-bond acceptors (Lipinski definition) is 10. The van der Waals surface area contributed by atoms with Gasteiger partial charge in [-0.3, -0.25) is 0 Å². The second-order valence-corrected chi connectivity index (χ2v) is 9.84. The SMILES string of the molecule is N[C@@H]1C[C@H](N)CN(c2nc(NCCc3ccc(Cl)cc3Cl)nc(N3C[C@H](N)C[C@H](N)C3)n2)C1. The summed E-state index contributed by atoms with van der Waals surface area (Å²) in [6.07, 6.45) is 2.24. The first-order valence-corrected chi connectivity index (χ1v) is 12.0. The molecular formula is C21H32Cl2N10. The summed E-state index contributed by atoms with van der Waals surface area (Å²) in [5.41, 5.74) is 25.8. The molecule has 0 radical (unpaired) electrons. The maximum atomic E-state index is 6.31. The maximum Gasteiger partial charge on any atom is 0.232 e. The highest BCUT2D eigenvalue weighted by molar-refractivity contribution is 6.35. The summed E-state index contributed by atoms with van der Waals surface area (Å²) in [6.45, 7) is 3.13. The zero-order chi connectivity index (χ0) is 23.5. The summed E-state index contributed by atoms with van der Waals surface area (Å²) in [4.78, 5) is 18.1. The van der Waals surface area contributed by atoms with Gasteiger partial charge in [-0.15, -0.1) is 0 Å². The van der Waals surface area contributed by atoms with Gasteiger partial charge in [0.15, 0.2) is 0 Å². The molecule has 0 bridgehead atoms. The van der Waals surface area contributed by atoms with E-state index >= 15 is 0 Å². The molecular weight excluding hydrogens is 463 g/mol. The fraction of sp³-hybridized carbons (Fsp3) is 0.571. The van der Waals surface area contributed by atoms with Crippen LogP contribution >= 0.6 is 23.2 Å². The molecule has 0 aliphatic carbocycles. The van der Waals surface area contributed by atoms with E-state index in [9.17, 15) is 0 Å². The normalized spacial score (nSPS) is 25.9. The molecule has 2 fully saturated rings. The van der Waals surface area contributed by atoms with E-state index in [0.29, 0.717) is 67.0 Å². The zero-order valence-electron chi connectivity index (χ0n) is 18.5. The number of hydrogen-bond donors (Lipinski definition) is 5. The fourth-order valence-corrected chi connectivity index (χ4v) is 4.94. The van der Waals surface area contributed by atoms with Gasteiger partial charge in [0.05, 0.1) is 0 Å². The van der Waals surface area contributed by atoms with Gasteiger partial charge in [0.2, 0.25) is 17.8 Å².